The number of nitriles is 1. The minimum Gasteiger partial charge on any atom is -0.305 e. The van der Waals surface area contributed by atoms with Crippen LogP contribution < -0.4 is 0 Å². The highest BCUT2D eigenvalue weighted by Crippen LogP contribution is 2.13. The van der Waals surface area contributed by atoms with Crippen LogP contribution in [0.1, 0.15) is 13.3 Å². The molecule has 0 aromatic heterocycles. The third kappa shape index (κ3) is 3.16. The van der Waals surface area contributed by atoms with E-state index in [0.29, 0.717) is 6.54 Å². The minimum absolute atomic E-state index is 0.0455. The maximum Gasteiger partial charge on any atom is 0.227 e. The highest BCUT2D eigenvalue weighted by atomic mass is 32.2. The molecule has 0 radical (unpaired) electrons. The molecular formula is C9H17N3O2S. The van der Waals surface area contributed by atoms with Gasteiger partial charge in [-0.25, -0.2) is 8.42 Å². The van der Waals surface area contributed by atoms with Crippen molar-refractivity contribution in [2.45, 2.75) is 19.4 Å². The Balaban J connectivity index is 2.81. The lowest BCUT2D eigenvalue weighted by atomic mass is 10.3. The second kappa shape index (κ2) is 4.92. The van der Waals surface area contributed by atoms with Crippen LogP contribution in [0.25, 0.3) is 0 Å². The van der Waals surface area contributed by atoms with E-state index in [4.69, 9.17) is 5.26 Å². The van der Waals surface area contributed by atoms with E-state index in [1.165, 1.54) is 4.31 Å². The van der Waals surface area contributed by atoms with E-state index < -0.39 is 15.8 Å². The first-order chi connectivity index (χ1) is 6.97. The van der Waals surface area contributed by atoms with E-state index in [9.17, 15) is 8.42 Å². The number of sulfonamides is 1. The second-order valence-electron chi connectivity index (χ2n) is 3.99. The summed E-state index contributed by atoms with van der Waals surface area (Å²) in [6.45, 7) is 4.04. The Morgan fingerprint density at radius 1 is 1.47 bits per heavy atom. The van der Waals surface area contributed by atoms with Gasteiger partial charge >= 0.3 is 0 Å². The van der Waals surface area contributed by atoms with Crippen molar-refractivity contribution in [1.82, 2.24) is 9.21 Å². The molecule has 1 atom stereocenters. The molecule has 0 aromatic carbocycles. The summed E-state index contributed by atoms with van der Waals surface area (Å²) in [6.07, 6.45) is 0.825. The Bertz CT molecular complexity index is 347. The topological polar surface area (TPSA) is 64.4 Å². The Morgan fingerprint density at radius 2 is 2.13 bits per heavy atom. The highest BCUT2D eigenvalue weighted by Gasteiger charge is 2.29. The Morgan fingerprint density at radius 3 is 2.73 bits per heavy atom. The zero-order valence-corrected chi connectivity index (χ0v) is 10.00. The molecule has 1 aliphatic rings. The maximum atomic E-state index is 11.7. The van der Waals surface area contributed by atoms with Gasteiger partial charge < -0.3 is 4.90 Å². The van der Waals surface area contributed by atoms with Gasteiger partial charge in [0.15, 0.2) is 5.75 Å². The number of likely N-dealkylation sites (N-methyl/N-ethyl adjacent to an activating group) is 1. The first-order valence-electron chi connectivity index (χ1n) is 5.02. The van der Waals surface area contributed by atoms with Crippen LogP contribution in [0.4, 0.5) is 0 Å². The fourth-order valence-corrected chi connectivity index (χ4v) is 3.28. The number of nitrogens with zero attached hydrogens (tertiary/aromatic N) is 3. The van der Waals surface area contributed by atoms with Gasteiger partial charge in [-0.2, -0.15) is 9.57 Å². The standard InChI is InChI=1S/C9H17N3O2S/c1-9-8-11(2)5-3-6-12(9)15(13,14)7-4-10/h9H,3,5-8H2,1-2H3. The molecule has 0 saturated carbocycles. The molecule has 0 aliphatic carbocycles. The second-order valence-corrected chi connectivity index (χ2v) is 5.91. The molecule has 1 heterocycles. The predicted molar refractivity (Wildman–Crippen MR) is 57.7 cm³/mol. The average Bonchev–Trinajstić information content (AvgIpc) is 2.26. The van der Waals surface area contributed by atoms with Gasteiger partial charge in [0.2, 0.25) is 10.0 Å². The van der Waals surface area contributed by atoms with Gasteiger partial charge in [-0.15, -0.1) is 0 Å². The van der Waals surface area contributed by atoms with Crippen LogP contribution in [0.5, 0.6) is 0 Å². The third-order valence-electron chi connectivity index (χ3n) is 2.59. The van der Waals surface area contributed by atoms with Gasteiger partial charge in [-0.1, -0.05) is 0 Å². The van der Waals surface area contributed by atoms with E-state index in [0.717, 1.165) is 19.5 Å². The molecule has 0 N–H and O–H groups in total. The maximum absolute atomic E-state index is 11.7. The van der Waals surface area contributed by atoms with Gasteiger partial charge in [0, 0.05) is 19.1 Å². The van der Waals surface area contributed by atoms with Crippen molar-refractivity contribution in [3.8, 4) is 6.07 Å². The fraction of sp³-hybridized carbons (Fsp3) is 0.889. The van der Waals surface area contributed by atoms with Crippen LogP contribution in [0, 0.1) is 11.3 Å². The largest absolute Gasteiger partial charge is 0.305 e. The molecule has 1 saturated heterocycles. The van der Waals surface area contributed by atoms with Crippen LogP contribution >= 0.6 is 0 Å². The quantitative estimate of drug-likeness (QED) is 0.664. The number of rotatable bonds is 2. The van der Waals surface area contributed by atoms with Crippen LogP contribution in [0.3, 0.4) is 0 Å². The monoisotopic (exact) mass is 231 g/mol. The summed E-state index contributed by atoms with van der Waals surface area (Å²) >= 11 is 0. The molecule has 1 aliphatic heterocycles. The highest BCUT2D eigenvalue weighted by molar-refractivity contribution is 7.89. The SMILES string of the molecule is CC1CN(C)CCCN1S(=O)(=O)CC#N. The summed E-state index contributed by atoms with van der Waals surface area (Å²) in [5, 5.41) is 8.47. The number of hydrogen-bond donors (Lipinski definition) is 0. The molecule has 5 nitrogen and oxygen atoms in total. The zero-order valence-electron chi connectivity index (χ0n) is 9.18. The van der Waals surface area contributed by atoms with Crippen molar-refractivity contribution in [3.63, 3.8) is 0 Å². The van der Waals surface area contributed by atoms with E-state index in [1.807, 2.05) is 14.0 Å². The Kier molecular flexibility index (Phi) is 4.08. The van der Waals surface area contributed by atoms with Crippen molar-refractivity contribution in [3.05, 3.63) is 0 Å². The normalized spacial score (nSPS) is 25.8. The first kappa shape index (κ1) is 12.4. The van der Waals surface area contributed by atoms with Gasteiger partial charge in [0.1, 0.15) is 0 Å². The van der Waals surface area contributed by atoms with Crippen molar-refractivity contribution in [2.24, 2.45) is 0 Å². The summed E-state index contributed by atoms with van der Waals surface area (Å²) in [6, 6.07) is 1.67. The molecule has 15 heavy (non-hydrogen) atoms. The third-order valence-corrected chi connectivity index (χ3v) is 4.34. The molecule has 6 heteroatoms. The lowest BCUT2D eigenvalue weighted by Gasteiger charge is -2.26. The predicted octanol–water partition coefficient (Wildman–Crippen LogP) is -0.134. The van der Waals surface area contributed by atoms with Gasteiger partial charge in [-0.3, -0.25) is 0 Å². The van der Waals surface area contributed by atoms with Crippen molar-refractivity contribution in [2.75, 3.05) is 32.4 Å². The molecule has 0 spiro atoms. The molecule has 0 bridgehead atoms. The summed E-state index contributed by atoms with van der Waals surface area (Å²) < 4.78 is 24.9. The van der Waals surface area contributed by atoms with Crippen molar-refractivity contribution < 1.29 is 8.42 Å². The number of hydrogen-bond acceptors (Lipinski definition) is 4. The molecule has 1 unspecified atom stereocenters. The molecular weight excluding hydrogens is 214 g/mol. The molecule has 86 valence electrons. The molecule has 1 fully saturated rings. The lowest BCUT2D eigenvalue weighted by Crippen LogP contribution is -2.42. The van der Waals surface area contributed by atoms with Crippen LogP contribution in [0.2, 0.25) is 0 Å². The van der Waals surface area contributed by atoms with Crippen molar-refractivity contribution in [1.29, 1.82) is 5.26 Å². The zero-order chi connectivity index (χ0) is 11.5. The van der Waals surface area contributed by atoms with Crippen LogP contribution in [-0.2, 0) is 10.0 Å². The van der Waals surface area contributed by atoms with Crippen LogP contribution in [-0.4, -0.2) is 56.1 Å². The smallest absolute Gasteiger partial charge is 0.227 e. The fourth-order valence-electron chi connectivity index (χ4n) is 1.93. The van der Waals surface area contributed by atoms with Crippen molar-refractivity contribution >= 4 is 10.0 Å². The van der Waals surface area contributed by atoms with E-state index >= 15 is 0 Å². The van der Waals surface area contributed by atoms with E-state index in [2.05, 4.69) is 4.90 Å². The van der Waals surface area contributed by atoms with Gasteiger partial charge in [-0.05, 0) is 26.9 Å². The van der Waals surface area contributed by atoms with Crippen LogP contribution in [0.15, 0.2) is 0 Å². The lowest BCUT2D eigenvalue weighted by molar-refractivity contribution is 0.291. The van der Waals surface area contributed by atoms with E-state index in [1.54, 1.807) is 6.07 Å². The molecule has 0 amide bonds. The first-order valence-corrected chi connectivity index (χ1v) is 6.63. The minimum atomic E-state index is -3.38. The molecule has 0 aromatic rings. The average molecular weight is 231 g/mol. The summed E-state index contributed by atoms with van der Waals surface area (Å²) in [4.78, 5) is 2.12. The van der Waals surface area contributed by atoms with Gasteiger partial charge in [0.25, 0.3) is 0 Å². The summed E-state index contributed by atoms with van der Waals surface area (Å²) in [7, 11) is -1.40. The molecule has 1 rings (SSSR count). The summed E-state index contributed by atoms with van der Waals surface area (Å²) in [5.74, 6) is -0.416. The summed E-state index contributed by atoms with van der Waals surface area (Å²) in [5.41, 5.74) is 0. The Hall–Kier alpha value is -0.640. The Labute approximate surface area is 91.3 Å². The van der Waals surface area contributed by atoms with E-state index in [-0.39, 0.29) is 6.04 Å². The van der Waals surface area contributed by atoms with Gasteiger partial charge in [0.05, 0.1) is 6.07 Å².